The van der Waals surface area contributed by atoms with Gasteiger partial charge in [0, 0.05) is 18.0 Å². The van der Waals surface area contributed by atoms with Gasteiger partial charge in [0.15, 0.2) is 5.43 Å². The van der Waals surface area contributed by atoms with Gasteiger partial charge >= 0.3 is 5.97 Å². The number of hydrogen-bond donors (Lipinski definition) is 3. The third kappa shape index (κ3) is 4.05. The van der Waals surface area contributed by atoms with Crippen LogP contribution in [-0.2, 0) is 4.74 Å². The SMILES string of the molecule is NCC(CNc1cc(=O)c2ccccc2[nH]1)OC(=O)c1ccccc1. The molecule has 3 aromatic rings. The van der Waals surface area contributed by atoms with Crippen molar-refractivity contribution in [2.24, 2.45) is 5.73 Å². The van der Waals surface area contributed by atoms with Crippen LogP contribution in [0.4, 0.5) is 5.82 Å². The Morgan fingerprint density at radius 1 is 1.12 bits per heavy atom. The normalized spacial score (nSPS) is 11.9. The van der Waals surface area contributed by atoms with Crippen LogP contribution in [0.15, 0.2) is 65.5 Å². The lowest BCUT2D eigenvalue weighted by Crippen LogP contribution is -2.33. The summed E-state index contributed by atoms with van der Waals surface area (Å²) in [5.41, 5.74) is 6.82. The van der Waals surface area contributed by atoms with Crippen LogP contribution in [0.25, 0.3) is 10.9 Å². The number of pyridine rings is 1. The number of aromatic nitrogens is 1. The van der Waals surface area contributed by atoms with Crippen molar-refractivity contribution in [1.82, 2.24) is 4.98 Å². The molecule has 1 unspecified atom stereocenters. The summed E-state index contributed by atoms with van der Waals surface area (Å²) in [6.45, 7) is 0.465. The van der Waals surface area contributed by atoms with Crippen molar-refractivity contribution in [2.45, 2.75) is 6.10 Å². The molecule has 0 saturated heterocycles. The minimum atomic E-state index is -0.511. The Labute approximate surface area is 144 Å². The molecule has 25 heavy (non-hydrogen) atoms. The summed E-state index contributed by atoms with van der Waals surface area (Å²) < 4.78 is 5.41. The van der Waals surface area contributed by atoms with E-state index in [0.717, 1.165) is 5.52 Å². The van der Waals surface area contributed by atoms with E-state index in [0.29, 0.717) is 23.3 Å². The van der Waals surface area contributed by atoms with Crippen LogP contribution in [0.1, 0.15) is 10.4 Å². The van der Waals surface area contributed by atoms with Gasteiger partial charge in [0.25, 0.3) is 0 Å². The molecule has 0 bridgehead atoms. The summed E-state index contributed by atoms with van der Waals surface area (Å²) in [6, 6.07) is 17.5. The molecule has 6 heteroatoms. The van der Waals surface area contributed by atoms with Crippen molar-refractivity contribution in [2.75, 3.05) is 18.4 Å². The summed E-state index contributed by atoms with van der Waals surface area (Å²) in [5.74, 6) is 0.128. The first-order valence-corrected chi connectivity index (χ1v) is 7.99. The van der Waals surface area contributed by atoms with Gasteiger partial charge in [-0.3, -0.25) is 4.79 Å². The van der Waals surface area contributed by atoms with E-state index in [9.17, 15) is 9.59 Å². The van der Waals surface area contributed by atoms with E-state index in [1.54, 1.807) is 30.3 Å². The first kappa shape index (κ1) is 16.7. The summed E-state index contributed by atoms with van der Waals surface area (Å²) in [6.07, 6.45) is -0.511. The topological polar surface area (TPSA) is 97.2 Å². The Balaban J connectivity index is 1.67. The van der Waals surface area contributed by atoms with Crippen molar-refractivity contribution < 1.29 is 9.53 Å². The van der Waals surface area contributed by atoms with Crippen molar-refractivity contribution >= 4 is 22.7 Å². The van der Waals surface area contributed by atoms with Gasteiger partial charge in [0.2, 0.25) is 0 Å². The van der Waals surface area contributed by atoms with Gasteiger partial charge in [0.05, 0.1) is 17.6 Å². The number of rotatable bonds is 6. The molecule has 2 aromatic carbocycles. The highest BCUT2D eigenvalue weighted by Gasteiger charge is 2.14. The fraction of sp³-hybridized carbons (Fsp3) is 0.158. The number of ether oxygens (including phenoxy) is 1. The number of hydrogen-bond acceptors (Lipinski definition) is 5. The van der Waals surface area contributed by atoms with E-state index in [-0.39, 0.29) is 12.0 Å². The summed E-state index contributed by atoms with van der Waals surface area (Å²) in [5, 5.41) is 3.70. The molecule has 1 aromatic heterocycles. The van der Waals surface area contributed by atoms with Gasteiger partial charge in [-0.15, -0.1) is 0 Å². The largest absolute Gasteiger partial charge is 0.456 e. The summed E-state index contributed by atoms with van der Waals surface area (Å²) in [4.78, 5) is 27.3. The number of H-pyrrole nitrogens is 1. The van der Waals surface area contributed by atoms with Crippen LogP contribution >= 0.6 is 0 Å². The molecule has 1 heterocycles. The highest BCUT2D eigenvalue weighted by molar-refractivity contribution is 5.89. The maximum atomic E-state index is 12.1. The van der Waals surface area contributed by atoms with Crippen LogP contribution in [0.3, 0.4) is 0 Å². The summed E-state index contributed by atoms with van der Waals surface area (Å²) in [7, 11) is 0. The number of carbonyl (C=O) groups excluding carboxylic acids is 1. The molecule has 0 fully saturated rings. The number of esters is 1. The van der Waals surface area contributed by atoms with E-state index in [2.05, 4.69) is 10.3 Å². The molecule has 6 nitrogen and oxygen atoms in total. The van der Waals surface area contributed by atoms with Crippen LogP contribution in [0, 0.1) is 0 Å². The smallest absolute Gasteiger partial charge is 0.338 e. The number of aromatic amines is 1. The first-order chi connectivity index (χ1) is 12.2. The highest BCUT2D eigenvalue weighted by atomic mass is 16.5. The number of carbonyl (C=O) groups is 1. The predicted molar refractivity (Wildman–Crippen MR) is 97.8 cm³/mol. The predicted octanol–water partition coefficient (Wildman–Crippen LogP) is 2.12. The summed E-state index contributed by atoms with van der Waals surface area (Å²) >= 11 is 0. The molecular weight excluding hydrogens is 318 g/mol. The Kier molecular flexibility index (Phi) is 5.11. The Bertz CT molecular complexity index is 922. The third-order valence-electron chi connectivity index (χ3n) is 3.80. The number of para-hydroxylation sites is 1. The zero-order valence-corrected chi connectivity index (χ0v) is 13.6. The van der Waals surface area contributed by atoms with Gasteiger partial charge < -0.3 is 20.8 Å². The molecule has 0 amide bonds. The number of nitrogens with one attached hydrogen (secondary N) is 2. The number of nitrogens with two attached hydrogens (primary N) is 1. The third-order valence-corrected chi connectivity index (χ3v) is 3.80. The highest BCUT2D eigenvalue weighted by Crippen LogP contribution is 2.11. The van der Waals surface area contributed by atoms with Gasteiger partial charge in [-0.25, -0.2) is 4.79 Å². The number of benzene rings is 2. The number of fused-ring (bicyclic) bond motifs is 1. The molecule has 0 radical (unpaired) electrons. The molecule has 0 aliphatic rings. The van der Waals surface area contributed by atoms with Crippen LogP contribution in [-0.4, -0.2) is 30.1 Å². The van der Waals surface area contributed by atoms with Gasteiger partial charge in [0.1, 0.15) is 11.9 Å². The number of anilines is 1. The second kappa shape index (κ2) is 7.63. The molecule has 0 aliphatic heterocycles. The Hall–Kier alpha value is -3.12. The molecule has 128 valence electrons. The standard InChI is InChI=1S/C19H19N3O3/c20-11-14(25-19(24)13-6-2-1-3-7-13)12-21-18-10-17(23)15-8-4-5-9-16(15)22-18/h1-10,14H,11-12,20H2,(H2,21,22,23). The Morgan fingerprint density at radius 2 is 1.84 bits per heavy atom. The maximum absolute atomic E-state index is 12.1. The second-order valence-electron chi connectivity index (χ2n) is 5.60. The quantitative estimate of drug-likeness (QED) is 0.599. The van der Waals surface area contributed by atoms with E-state index < -0.39 is 12.1 Å². The van der Waals surface area contributed by atoms with Crippen molar-refractivity contribution in [3.05, 3.63) is 76.5 Å². The molecule has 0 spiro atoms. The fourth-order valence-electron chi connectivity index (χ4n) is 2.48. The van der Waals surface area contributed by atoms with E-state index in [1.807, 2.05) is 24.3 Å². The zero-order valence-electron chi connectivity index (χ0n) is 13.6. The average molecular weight is 337 g/mol. The molecule has 4 N–H and O–H groups in total. The molecule has 1 atom stereocenters. The van der Waals surface area contributed by atoms with Crippen LogP contribution < -0.4 is 16.5 Å². The fourth-order valence-corrected chi connectivity index (χ4v) is 2.48. The molecular formula is C19H19N3O3. The molecule has 0 saturated carbocycles. The maximum Gasteiger partial charge on any atom is 0.338 e. The lowest BCUT2D eigenvalue weighted by atomic mass is 10.2. The van der Waals surface area contributed by atoms with Crippen molar-refractivity contribution in [3.8, 4) is 0 Å². The van der Waals surface area contributed by atoms with E-state index in [1.165, 1.54) is 6.07 Å². The van der Waals surface area contributed by atoms with Gasteiger partial charge in [-0.1, -0.05) is 30.3 Å². The second-order valence-corrected chi connectivity index (χ2v) is 5.60. The van der Waals surface area contributed by atoms with Crippen molar-refractivity contribution in [1.29, 1.82) is 0 Å². The minimum absolute atomic E-state index is 0.0811. The minimum Gasteiger partial charge on any atom is -0.456 e. The first-order valence-electron chi connectivity index (χ1n) is 7.99. The van der Waals surface area contributed by atoms with Gasteiger partial charge in [-0.2, -0.15) is 0 Å². The van der Waals surface area contributed by atoms with Crippen LogP contribution in [0.2, 0.25) is 0 Å². The van der Waals surface area contributed by atoms with E-state index in [4.69, 9.17) is 10.5 Å². The Morgan fingerprint density at radius 3 is 2.60 bits per heavy atom. The van der Waals surface area contributed by atoms with Crippen LogP contribution in [0.5, 0.6) is 0 Å². The lowest BCUT2D eigenvalue weighted by molar-refractivity contribution is 0.0346. The van der Waals surface area contributed by atoms with E-state index >= 15 is 0 Å². The van der Waals surface area contributed by atoms with Gasteiger partial charge in [-0.05, 0) is 24.3 Å². The molecule has 3 rings (SSSR count). The monoisotopic (exact) mass is 337 g/mol. The van der Waals surface area contributed by atoms with Crippen molar-refractivity contribution in [3.63, 3.8) is 0 Å². The lowest BCUT2D eigenvalue weighted by Gasteiger charge is -2.17. The molecule has 0 aliphatic carbocycles. The zero-order chi connectivity index (χ0) is 17.6. The average Bonchev–Trinajstić information content (AvgIpc) is 2.65.